The molecule has 35 heavy (non-hydrogen) atoms. The fourth-order valence-electron chi connectivity index (χ4n) is 4.46. The molecule has 0 atom stereocenters. The molecule has 2 aromatic carbocycles. The van der Waals surface area contributed by atoms with Gasteiger partial charge in [-0.25, -0.2) is 15.0 Å². The lowest BCUT2D eigenvalue weighted by Crippen LogP contribution is -2.49. The van der Waals surface area contributed by atoms with Crippen LogP contribution in [0.15, 0.2) is 59.7 Å². The minimum Gasteiger partial charge on any atom is -0.337 e. The van der Waals surface area contributed by atoms with Gasteiger partial charge in [0, 0.05) is 44.1 Å². The molecule has 0 aliphatic carbocycles. The Morgan fingerprint density at radius 1 is 0.914 bits per heavy atom. The van der Waals surface area contributed by atoms with Crippen molar-refractivity contribution in [3.8, 4) is 0 Å². The van der Waals surface area contributed by atoms with E-state index in [0.29, 0.717) is 49.9 Å². The Bertz CT molecular complexity index is 1440. The molecule has 8 nitrogen and oxygen atoms in total. The zero-order valence-electron chi connectivity index (χ0n) is 20.2. The molecule has 3 heterocycles. The second-order valence-electron chi connectivity index (χ2n) is 9.04. The van der Waals surface area contributed by atoms with Gasteiger partial charge in [-0.05, 0) is 67.8 Å². The number of carbonyl (C=O) groups is 1. The number of hydrogen-bond donors (Lipinski definition) is 0. The van der Waals surface area contributed by atoms with Gasteiger partial charge in [0.05, 0.1) is 17.6 Å². The van der Waals surface area contributed by atoms with E-state index in [2.05, 4.69) is 19.9 Å². The molecule has 5 rings (SSSR count). The molecule has 0 saturated carbocycles. The standard InChI is InChI=1S/C27H28N6O2/c1-18-15-23-24(16-19(18)2)33(25(34)20(3)30-23)17-21-5-7-22(8-6-21)26(35)31-11-13-32(14-12-31)27-28-9-4-10-29-27/h4-10,15-16H,11-14,17H2,1-3H3. The van der Waals surface area contributed by atoms with Crippen molar-refractivity contribution in [1.82, 2.24) is 24.4 Å². The van der Waals surface area contributed by atoms with E-state index in [4.69, 9.17) is 0 Å². The van der Waals surface area contributed by atoms with Crippen LogP contribution in [0.4, 0.5) is 5.95 Å². The summed E-state index contributed by atoms with van der Waals surface area (Å²) in [6, 6.07) is 13.4. The first-order valence-corrected chi connectivity index (χ1v) is 11.8. The summed E-state index contributed by atoms with van der Waals surface area (Å²) in [5, 5.41) is 0. The number of piperazine rings is 1. The number of nitrogens with zero attached hydrogens (tertiary/aromatic N) is 6. The maximum Gasteiger partial charge on any atom is 0.272 e. The first-order chi connectivity index (χ1) is 16.9. The molecule has 1 fully saturated rings. The van der Waals surface area contributed by atoms with Crippen LogP contribution in [0.5, 0.6) is 0 Å². The fourth-order valence-corrected chi connectivity index (χ4v) is 4.46. The molecule has 1 saturated heterocycles. The van der Waals surface area contributed by atoms with Crippen LogP contribution in [0.25, 0.3) is 11.0 Å². The number of aromatic nitrogens is 4. The molecular formula is C27H28N6O2. The van der Waals surface area contributed by atoms with Gasteiger partial charge < -0.3 is 14.4 Å². The van der Waals surface area contributed by atoms with E-state index in [-0.39, 0.29) is 11.5 Å². The summed E-state index contributed by atoms with van der Waals surface area (Å²) < 4.78 is 1.77. The molecule has 0 bridgehead atoms. The molecule has 0 radical (unpaired) electrons. The van der Waals surface area contributed by atoms with Crippen LogP contribution in [0, 0.1) is 20.8 Å². The van der Waals surface area contributed by atoms with E-state index in [0.717, 1.165) is 27.7 Å². The third kappa shape index (κ3) is 4.51. The number of amides is 1. The number of fused-ring (bicyclic) bond motifs is 1. The highest BCUT2D eigenvalue weighted by Gasteiger charge is 2.23. The van der Waals surface area contributed by atoms with Crippen LogP contribution in [0.2, 0.25) is 0 Å². The monoisotopic (exact) mass is 468 g/mol. The predicted octanol–water partition coefficient (Wildman–Crippen LogP) is 3.12. The first-order valence-electron chi connectivity index (χ1n) is 11.8. The third-order valence-electron chi connectivity index (χ3n) is 6.67. The van der Waals surface area contributed by atoms with Crippen molar-refractivity contribution in [2.24, 2.45) is 0 Å². The molecule has 8 heteroatoms. The fraction of sp³-hybridized carbons (Fsp3) is 0.296. The number of hydrogen-bond acceptors (Lipinski definition) is 6. The molecule has 0 unspecified atom stereocenters. The molecule has 1 aliphatic rings. The van der Waals surface area contributed by atoms with E-state index in [9.17, 15) is 9.59 Å². The van der Waals surface area contributed by atoms with Crippen molar-refractivity contribution in [2.45, 2.75) is 27.3 Å². The van der Waals surface area contributed by atoms with Crippen LogP contribution in [0.1, 0.15) is 32.7 Å². The second kappa shape index (κ2) is 9.29. The van der Waals surface area contributed by atoms with E-state index >= 15 is 0 Å². The van der Waals surface area contributed by atoms with Gasteiger partial charge in [-0.15, -0.1) is 0 Å². The molecule has 1 amide bonds. The lowest BCUT2D eigenvalue weighted by molar-refractivity contribution is 0.0746. The summed E-state index contributed by atoms with van der Waals surface area (Å²) in [6.07, 6.45) is 3.46. The van der Waals surface area contributed by atoms with Crippen LogP contribution >= 0.6 is 0 Å². The predicted molar refractivity (Wildman–Crippen MR) is 136 cm³/mol. The highest BCUT2D eigenvalue weighted by molar-refractivity contribution is 5.94. The van der Waals surface area contributed by atoms with E-state index < -0.39 is 0 Å². The number of aryl methyl sites for hydroxylation is 3. The summed E-state index contributed by atoms with van der Waals surface area (Å²) in [7, 11) is 0. The molecule has 0 N–H and O–H groups in total. The van der Waals surface area contributed by atoms with E-state index in [1.54, 1.807) is 30.0 Å². The van der Waals surface area contributed by atoms with Gasteiger partial charge in [0.1, 0.15) is 5.69 Å². The summed E-state index contributed by atoms with van der Waals surface area (Å²) in [5.41, 5.74) is 5.90. The molecule has 178 valence electrons. The Balaban J connectivity index is 1.31. The zero-order chi connectivity index (χ0) is 24.5. The minimum atomic E-state index is -0.0961. The van der Waals surface area contributed by atoms with Crippen LogP contribution in [-0.2, 0) is 6.54 Å². The second-order valence-corrected chi connectivity index (χ2v) is 9.04. The molecule has 1 aliphatic heterocycles. The van der Waals surface area contributed by atoms with Gasteiger partial charge in [-0.1, -0.05) is 12.1 Å². The third-order valence-corrected chi connectivity index (χ3v) is 6.67. The molecule has 4 aromatic rings. The number of rotatable bonds is 4. The number of benzene rings is 2. The van der Waals surface area contributed by atoms with Gasteiger partial charge in [-0.2, -0.15) is 0 Å². The quantitative estimate of drug-likeness (QED) is 0.458. The lowest BCUT2D eigenvalue weighted by atomic mass is 10.1. The zero-order valence-corrected chi connectivity index (χ0v) is 20.2. The lowest BCUT2D eigenvalue weighted by Gasteiger charge is -2.34. The van der Waals surface area contributed by atoms with Crippen molar-refractivity contribution in [3.63, 3.8) is 0 Å². The van der Waals surface area contributed by atoms with Crippen molar-refractivity contribution in [1.29, 1.82) is 0 Å². The van der Waals surface area contributed by atoms with Gasteiger partial charge >= 0.3 is 0 Å². The van der Waals surface area contributed by atoms with Crippen molar-refractivity contribution in [3.05, 3.63) is 93.2 Å². The largest absolute Gasteiger partial charge is 0.337 e. The summed E-state index contributed by atoms with van der Waals surface area (Å²) in [6.45, 7) is 8.89. The number of anilines is 1. The maximum atomic E-state index is 13.1. The molecule has 0 spiro atoms. The highest BCUT2D eigenvalue weighted by Crippen LogP contribution is 2.19. The topological polar surface area (TPSA) is 84.2 Å². The first kappa shape index (κ1) is 22.7. The van der Waals surface area contributed by atoms with E-state index in [1.165, 1.54) is 0 Å². The van der Waals surface area contributed by atoms with E-state index in [1.807, 2.05) is 55.1 Å². The summed E-state index contributed by atoms with van der Waals surface area (Å²) in [5.74, 6) is 0.710. The average Bonchev–Trinajstić information content (AvgIpc) is 2.89. The van der Waals surface area contributed by atoms with Gasteiger partial charge in [0.2, 0.25) is 5.95 Å². The maximum absolute atomic E-state index is 13.1. The van der Waals surface area contributed by atoms with Crippen LogP contribution in [0.3, 0.4) is 0 Å². The Labute approximate surface area is 203 Å². The van der Waals surface area contributed by atoms with Crippen LogP contribution < -0.4 is 10.5 Å². The highest BCUT2D eigenvalue weighted by atomic mass is 16.2. The SMILES string of the molecule is Cc1cc2nc(C)c(=O)n(Cc3ccc(C(=O)N4CCN(c5ncccn5)CC4)cc3)c2cc1C. The Kier molecular flexibility index (Phi) is 6.03. The smallest absolute Gasteiger partial charge is 0.272 e. The summed E-state index contributed by atoms with van der Waals surface area (Å²) >= 11 is 0. The van der Waals surface area contributed by atoms with Gasteiger partial charge in [0.25, 0.3) is 11.5 Å². The van der Waals surface area contributed by atoms with Crippen LogP contribution in [-0.4, -0.2) is 56.5 Å². The van der Waals surface area contributed by atoms with Gasteiger partial charge in [0.15, 0.2) is 0 Å². The molecular weight excluding hydrogens is 440 g/mol. The van der Waals surface area contributed by atoms with Gasteiger partial charge in [-0.3, -0.25) is 9.59 Å². The minimum absolute atomic E-state index is 0.0126. The molecule has 2 aromatic heterocycles. The van der Waals surface area contributed by atoms with Crippen molar-refractivity contribution in [2.75, 3.05) is 31.1 Å². The normalized spacial score (nSPS) is 13.9. The summed E-state index contributed by atoms with van der Waals surface area (Å²) in [4.78, 5) is 43.0. The van der Waals surface area contributed by atoms with Crippen molar-refractivity contribution >= 4 is 22.9 Å². The Morgan fingerprint density at radius 2 is 1.57 bits per heavy atom. The van der Waals surface area contributed by atoms with Crippen molar-refractivity contribution < 1.29 is 4.79 Å². The Hall–Kier alpha value is -4.07. The Morgan fingerprint density at radius 3 is 2.26 bits per heavy atom. The number of carbonyl (C=O) groups excluding carboxylic acids is 1. The average molecular weight is 469 g/mol.